The molecule has 1 aromatic heterocycles. The van der Waals surface area contributed by atoms with Crippen LogP contribution in [-0.4, -0.2) is 6.04 Å². The summed E-state index contributed by atoms with van der Waals surface area (Å²) in [5.41, 5.74) is 1.39. The van der Waals surface area contributed by atoms with Crippen molar-refractivity contribution in [2.24, 2.45) is 5.92 Å². The van der Waals surface area contributed by atoms with E-state index in [1.54, 1.807) is 0 Å². The second kappa shape index (κ2) is 3.81. The van der Waals surface area contributed by atoms with Gasteiger partial charge in [-0.25, -0.2) is 0 Å². The van der Waals surface area contributed by atoms with Crippen LogP contribution < -0.4 is 5.32 Å². The zero-order valence-electron chi connectivity index (χ0n) is 8.34. The highest BCUT2D eigenvalue weighted by molar-refractivity contribution is 7.10. The molecule has 2 heteroatoms. The Balaban J connectivity index is 1.79. The third-order valence-electron chi connectivity index (χ3n) is 2.94. The Morgan fingerprint density at radius 1 is 1.54 bits per heavy atom. The Bertz CT molecular complexity index is 279. The molecule has 2 atom stereocenters. The third kappa shape index (κ3) is 2.12. The smallest absolute Gasteiger partial charge is 0.0302 e. The van der Waals surface area contributed by atoms with Crippen molar-refractivity contribution >= 4 is 11.3 Å². The number of hydrogen-bond acceptors (Lipinski definition) is 2. The fourth-order valence-corrected chi connectivity index (χ4v) is 2.61. The lowest BCUT2D eigenvalue weighted by molar-refractivity contribution is 0.229. The molecular formula is C11H17NS. The van der Waals surface area contributed by atoms with Gasteiger partial charge in [-0.2, -0.15) is 0 Å². The largest absolute Gasteiger partial charge is 0.309 e. The van der Waals surface area contributed by atoms with Crippen LogP contribution in [0, 0.1) is 12.8 Å². The standard InChI is InChI=1S/C11H17NS/c1-8-5-10(13-7-8)6-12-11-4-3-9(11)2/h5,7,9,11-12H,3-4,6H2,1-2H3. The maximum absolute atomic E-state index is 3.61. The van der Waals surface area contributed by atoms with Gasteiger partial charge in [-0.1, -0.05) is 6.92 Å². The second-order valence-electron chi connectivity index (χ2n) is 4.13. The highest BCUT2D eigenvalue weighted by Gasteiger charge is 2.25. The molecule has 2 unspecified atom stereocenters. The maximum atomic E-state index is 3.61. The van der Waals surface area contributed by atoms with E-state index in [1.807, 2.05) is 11.3 Å². The number of nitrogens with one attached hydrogen (secondary N) is 1. The van der Waals surface area contributed by atoms with Crippen LogP contribution in [0.15, 0.2) is 11.4 Å². The van der Waals surface area contributed by atoms with Gasteiger partial charge in [-0.05, 0) is 42.7 Å². The summed E-state index contributed by atoms with van der Waals surface area (Å²) >= 11 is 1.86. The molecule has 1 nitrogen and oxygen atoms in total. The minimum Gasteiger partial charge on any atom is -0.309 e. The quantitative estimate of drug-likeness (QED) is 0.782. The van der Waals surface area contributed by atoms with Gasteiger partial charge < -0.3 is 5.32 Å². The van der Waals surface area contributed by atoms with Crippen LogP contribution >= 0.6 is 11.3 Å². The van der Waals surface area contributed by atoms with E-state index < -0.39 is 0 Å². The van der Waals surface area contributed by atoms with Crippen molar-refractivity contribution in [3.63, 3.8) is 0 Å². The van der Waals surface area contributed by atoms with Crippen LogP contribution in [0.2, 0.25) is 0 Å². The summed E-state index contributed by atoms with van der Waals surface area (Å²) in [6.07, 6.45) is 2.77. The third-order valence-corrected chi connectivity index (χ3v) is 4.00. The molecule has 0 aromatic carbocycles. The zero-order chi connectivity index (χ0) is 9.26. The Hall–Kier alpha value is -0.340. The molecule has 0 radical (unpaired) electrons. The first kappa shape index (κ1) is 9.22. The van der Waals surface area contributed by atoms with Gasteiger partial charge >= 0.3 is 0 Å². The molecule has 2 rings (SSSR count). The first-order chi connectivity index (χ1) is 6.25. The molecule has 1 fully saturated rings. The monoisotopic (exact) mass is 195 g/mol. The van der Waals surface area contributed by atoms with Crippen molar-refractivity contribution in [2.75, 3.05) is 0 Å². The van der Waals surface area contributed by atoms with Gasteiger partial charge in [0.15, 0.2) is 0 Å². The number of hydrogen-bond donors (Lipinski definition) is 1. The van der Waals surface area contributed by atoms with E-state index in [4.69, 9.17) is 0 Å². The number of thiophene rings is 1. The first-order valence-electron chi connectivity index (χ1n) is 5.03. The fourth-order valence-electron chi connectivity index (χ4n) is 1.78. The van der Waals surface area contributed by atoms with Crippen molar-refractivity contribution in [2.45, 2.75) is 39.3 Å². The molecule has 1 aliphatic carbocycles. The van der Waals surface area contributed by atoms with Crippen molar-refractivity contribution in [1.29, 1.82) is 0 Å². The van der Waals surface area contributed by atoms with Crippen LogP contribution in [-0.2, 0) is 6.54 Å². The minimum atomic E-state index is 0.780. The van der Waals surface area contributed by atoms with Crippen LogP contribution in [0.5, 0.6) is 0 Å². The molecule has 1 aliphatic rings. The first-order valence-corrected chi connectivity index (χ1v) is 5.91. The van der Waals surface area contributed by atoms with Crippen molar-refractivity contribution < 1.29 is 0 Å². The Morgan fingerprint density at radius 3 is 2.85 bits per heavy atom. The molecule has 13 heavy (non-hydrogen) atoms. The summed E-state index contributed by atoms with van der Waals surface area (Å²) in [6, 6.07) is 3.06. The van der Waals surface area contributed by atoms with Gasteiger partial charge in [0.1, 0.15) is 0 Å². The molecule has 0 saturated heterocycles. The van der Waals surface area contributed by atoms with Crippen molar-refractivity contribution in [1.82, 2.24) is 5.32 Å². The Morgan fingerprint density at radius 2 is 2.38 bits per heavy atom. The molecule has 1 N–H and O–H groups in total. The van der Waals surface area contributed by atoms with E-state index in [9.17, 15) is 0 Å². The normalized spacial score (nSPS) is 27.2. The predicted octanol–water partition coefficient (Wildman–Crippen LogP) is 2.94. The van der Waals surface area contributed by atoms with E-state index in [2.05, 4.69) is 30.6 Å². The summed E-state index contributed by atoms with van der Waals surface area (Å²) in [5.74, 6) is 0.890. The van der Waals surface area contributed by atoms with E-state index in [-0.39, 0.29) is 0 Å². The molecular weight excluding hydrogens is 178 g/mol. The van der Waals surface area contributed by atoms with Gasteiger partial charge in [0, 0.05) is 17.5 Å². The summed E-state index contributed by atoms with van der Waals surface area (Å²) in [4.78, 5) is 1.47. The molecule has 72 valence electrons. The highest BCUT2D eigenvalue weighted by atomic mass is 32.1. The van der Waals surface area contributed by atoms with Crippen molar-refractivity contribution in [3.05, 3.63) is 21.9 Å². The number of aryl methyl sites for hydroxylation is 1. The van der Waals surface area contributed by atoms with E-state index in [0.29, 0.717) is 0 Å². The van der Waals surface area contributed by atoms with Crippen LogP contribution in [0.25, 0.3) is 0 Å². The Labute approximate surface area is 84.2 Å². The highest BCUT2D eigenvalue weighted by Crippen LogP contribution is 2.27. The van der Waals surface area contributed by atoms with Gasteiger partial charge in [-0.15, -0.1) is 11.3 Å². The van der Waals surface area contributed by atoms with E-state index in [0.717, 1.165) is 18.5 Å². The average molecular weight is 195 g/mol. The lowest BCUT2D eigenvalue weighted by Gasteiger charge is -2.34. The SMILES string of the molecule is Cc1csc(CNC2CCC2C)c1. The molecule has 1 heterocycles. The zero-order valence-corrected chi connectivity index (χ0v) is 9.16. The topological polar surface area (TPSA) is 12.0 Å². The van der Waals surface area contributed by atoms with E-state index in [1.165, 1.54) is 23.3 Å². The fraction of sp³-hybridized carbons (Fsp3) is 0.636. The van der Waals surface area contributed by atoms with Crippen LogP contribution in [0.1, 0.15) is 30.2 Å². The van der Waals surface area contributed by atoms with Crippen LogP contribution in [0.3, 0.4) is 0 Å². The van der Waals surface area contributed by atoms with Crippen LogP contribution in [0.4, 0.5) is 0 Å². The molecule has 1 aromatic rings. The summed E-state index contributed by atoms with van der Waals surface area (Å²) in [6.45, 7) is 5.56. The van der Waals surface area contributed by atoms with Gasteiger partial charge in [-0.3, -0.25) is 0 Å². The molecule has 1 saturated carbocycles. The van der Waals surface area contributed by atoms with Gasteiger partial charge in [0.05, 0.1) is 0 Å². The molecule has 0 bridgehead atoms. The summed E-state index contributed by atoms with van der Waals surface area (Å²) in [5, 5.41) is 5.83. The lowest BCUT2D eigenvalue weighted by Crippen LogP contribution is -2.41. The maximum Gasteiger partial charge on any atom is 0.0302 e. The average Bonchev–Trinajstić information content (AvgIpc) is 2.49. The minimum absolute atomic E-state index is 0.780. The molecule has 0 amide bonds. The van der Waals surface area contributed by atoms with Gasteiger partial charge in [0.2, 0.25) is 0 Å². The van der Waals surface area contributed by atoms with Gasteiger partial charge in [0.25, 0.3) is 0 Å². The van der Waals surface area contributed by atoms with Crippen molar-refractivity contribution in [3.8, 4) is 0 Å². The number of rotatable bonds is 3. The summed E-state index contributed by atoms with van der Waals surface area (Å²) < 4.78 is 0. The lowest BCUT2D eigenvalue weighted by atomic mass is 9.81. The predicted molar refractivity (Wildman–Crippen MR) is 58.1 cm³/mol. The molecule has 0 aliphatic heterocycles. The summed E-state index contributed by atoms with van der Waals surface area (Å²) in [7, 11) is 0. The molecule has 0 spiro atoms. The van der Waals surface area contributed by atoms with E-state index >= 15 is 0 Å². The second-order valence-corrected chi connectivity index (χ2v) is 5.13. The Kier molecular flexibility index (Phi) is 2.70.